The fourth-order valence-corrected chi connectivity index (χ4v) is 0.968. The van der Waals surface area contributed by atoms with Gasteiger partial charge >= 0.3 is 0 Å². The molecule has 0 aliphatic carbocycles. The molecule has 1 heterocycles. The molecule has 0 radical (unpaired) electrons. The maximum absolute atomic E-state index is 9.76. The number of rotatable bonds is 2. The van der Waals surface area contributed by atoms with Crippen molar-refractivity contribution in [1.29, 1.82) is 0 Å². The van der Waals surface area contributed by atoms with Gasteiger partial charge in [0.25, 0.3) is 0 Å². The number of aryl methyl sites for hydroxylation is 1. The van der Waals surface area contributed by atoms with Crippen LogP contribution in [0.15, 0.2) is 6.07 Å². The number of hydrogen-bond donors (Lipinski definition) is 1. The van der Waals surface area contributed by atoms with Crippen molar-refractivity contribution in [3.8, 4) is 18.2 Å². The molecule has 0 aliphatic heterocycles. The van der Waals surface area contributed by atoms with E-state index in [1.54, 1.807) is 6.92 Å². The molecule has 0 saturated heterocycles. The first-order valence-corrected chi connectivity index (χ1v) is 4.10. The summed E-state index contributed by atoms with van der Waals surface area (Å²) in [4.78, 5) is 8.03. The molecule has 1 atom stereocenters. The second-order valence-electron chi connectivity index (χ2n) is 3.06. The monoisotopic (exact) mass is 192 g/mol. The summed E-state index contributed by atoms with van der Waals surface area (Å²) < 4.78 is 4.94. The number of aliphatic hydroxyl groups is 1. The molecule has 14 heavy (non-hydrogen) atoms. The highest BCUT2D eigenvalue weighted by Crippen LogP contribution is 2.20. The van der Waals surface area contributed by atoms with Crippen LogP contribution in [-0.4, -0.2) is 22.2 Å². The Labute approximate surface area is 83.0 Å². The predicted molar refractivity (Wildman–Crippen MR) is 51.7 cm³/mol. The SMILES string of the molecule is C#C[C@](C)(O)c1cc(OC)nc(C)n1. The van der Waals surface area contributed by atoms with Crippen molar-refractivity contribution in [2.45, 2.75) is 19.4 Å². The van der Waals surface area contributed by atoms with Crippen LogP contribution in [0.25, 0.3) is 0 Å². The Morgan fingerprint density at radius 2 is 2.21 bits per heavy atom. The lowest BCUT2D eigenvalue weighted by Gasteiger charge is -2.16. The van der Waals surface area contributed by atoms with E-state index in [2.05, 4.69) is 15.9 Å². The summed E-state index contributed by atoms with van der Waals surface area (Å²) in [6.45, 7) is 3.20. The van der Waals surface area contributed by atoms with Gasteiger partial charge in [-0.05, 0) is 13.8 Å². The van der Waals surface area contributed by atoms with E-state index < -0.39 is 5.60 Å². The largest absolute Gasteiger partial charge is 0.481 e. The van der Waals surface area contributed by atoms with Gasteiger partial charge in [0.05, 0.1) is 12.8 Å². The van der Waals surface area contributed by atoms with Gasteiger partial charge in [-0.25, -0.2) is 4.98 Å². The average molecular weight is 192 g/mol. The third-order valence-corrected chi connectivity index (χ3v) is 1.80. The van der Waals surface area contributed by atoms with Crippen LogP contribution in [0.2, 0.25) is 0 Å². The van der Waals surface area contributed by atoms with Crippen LogP contribution in [0.3, 0.4) is 0 Å². The summed E-state index contributed by atoms with van der Waals surface area (Å²) in [5.74, 6) is 3.15. The first-order valence-electron chi connectivity index (χ1n) is 4.10. The van der Waals surface area contributed by atoms with Crippen molar-refractivity contribution in [3.63, 3.8) is 0 Å². The van der Waals surface area contributed by atoms with Crippen LogP contribution in [0.4, 0.5) is 0 Å². The first-order chi connectivity index (χ1) is 6.49. The van der Waals surface area contributed by atoms with Crippen LogP contribution < -0.4 is 4.74 Å². The van der Waals surface area contributed by atoms with E-state index in [4.69, 9.17) is 11.2 Å². The number of nitrogens with zero attached hydrogens (tertiary/aromatic N) is 2. The van der Waals surface area contributed by atoms with Gasteiger partial charge in [-0.3, -0.25) is 0 Å². The molecule has 0 aromatic carbocycles. The molecule has 1 aromatic rings. The van der Waals surface area contributed by atoms with Crippen LogP contribution in [0, 0.1) is 19.3 Å². The lowest BCUT2D eigenvalue weighted by molar-refractivity contribution is 0.116. The Bertz CT molecular complexity index is 380. The topological polar surface area (TPSA) is 55.2 Å². The van der Waals surface area contributed by atoms with E-state index >= 15 is 0 Å². The van der Waals surface area contributed by atoms with Gasteiger partial charge in [0.1, 0.15) is 5.82 Å². The number of terminal acetylenes is 1. The summed E-state index contributed by atoms with van der Waals surface area (Å²) in [5.41, 5.74) is -1.02. The molecule has 1 N–H and O–H groups in total. The van der Waals surface area contributed by atoms with E-state index in [0.29, 0.717) is 17.4 Å². The smallest absolute Gasteiger partial charge is 0.216 e. The molecule has 74 valence electrons. The van der Waals surface area contributed by atoms with Crippen molar-refractivity contribution in [2.24, 2.45) is 0 Å². The van der Waals surface area contributed by atoms with Crippen molar-refractivity contribution < 1.29 is 9.84 Å². The molecule has 0 saturated carbocycles. The third-order valence-electron chi connectivity index (χ3n) is 1.80. The number of aromatic nitrogens is 2. The van der Waals surface area contributed by atoms with Gasteiger partial charge in [0.2, 0.25) is 5.88 Å². The normalized spacial score (nSPS) is 14.2. The average Bonchev–Trinajstić information content (AvgIpc) is 2.16. The molecule has 0 fully saturated rings. The summed E-state index contributed by atoms with van der Waals surface area (Å²) in [5, 5.41) is 9.76. The van der Waals surface area contributed by atoms with Crippen LogP contribution in [0.1, 0.15) is 18.4 Å². The molecule has 0 spiro atoms. The minimum Gasteiger partial charge on any atom is -0.481 e. The zero-order valence-electron chi connectivity index (χ0n) is 8.40. The Hall–Kier alpha value is -1.60. The quantitative estimate of drug-likeness (QED) is 0.698. The zero-order valence-corrected chi connectivity index (χ0v) is 8.40. The fourth-order valence-electron chi connectivity index (χ4n) is 0.968. The molecule has 0 unspecified atom stereocenters. The number of methoxy groups -OCH3 is 1. The van der Waals surface area contributed by atoms with E-state index in [1.807, 2.05) is 0 Å². The predicted octanol–water partition coefficient (Wildman–Crippen LogP) is 0.634. The molecule has 0 amide bonds. The second kappa shape index (κ2) is 3.64. The summed E-state index contributed by atoms with van der Waals surface area (Å²) in [6.07, 6.45) is 5.18. The Kier molecular flexibility index (Phi) is 2.73. The minimum atomic E-state index is -1.39. The highest BCUT2D eigenvalue weighted by Gasteiger charge is 2.22. The van der Waals surface area contributed by atoms with Gasteiger partial charge in [0.15, 0.2) is 5.60 Å². The van der Waals surface area contributed by atoms with E-state index in [-0.39, 0.29) is 0 Å². The summed E-state index contributed by atoms with van der Waals surface area (Å²) in [7, 11) is 1.50. The maximum atomic E-state index is 9.76. The molecule has 4 heteroatoms. The van der Waals surface area contributed by atoms with E-state index in [9.17, 15) is 5.11 Å². The Morgan fingerprint density at radius 3 is 2.71 bits per heavy atom. The van der Waals surface area contributed by atoms with Crippen LogP contribution >= 0.6 is 0 Å². The molecular weight excluding hydrogens is 180 g/mol. The summed E-state index contributed by atoms with van der Waals surface area (Å²) in [6, 6.07) is 1.52. The van der Waals surface area contributed by atoms with E-state index in [0.717, 1.165) is 0 Å². The minimum absolute atomic E-state index is 0.365. The molecule has 1 rings (SSSR count). The Balaban J connectivity index is 3.24. The zero-order chi connectivity index (χ0) is 10.8. The lowest BCUT2D eigenvalue weighted by Crippen LogP contribution is -2.20. The number of hydrogen-bond acceptors (Lipinski definition) is 4. The van der Waals surface area contributed by atoms with Gasteiger partial charge < -0.3 is 9.84 Å². The highest BCUT2D eigenvalue weighted by molar-refractivity contribution is 5.27. The van der Waals surface area contributed by atoms with Crippen LogP contribution in [0.5, 0.6) is 5.88 Å². The standard InChI is InChI=1S/C10H12N2O2/c1-5-10(3,13)8-6-9(14-4)12-7(2)11-8/h1,6,13H,2-4H3/t10-/m0/s1. The van der Waals surface area contributed by atoms with Crippen molar-refractivity contribution in [2.75, 3.05) is 7.11 Å². The maximum Gasteiger partial charge on any atom is 0.216 e. The molecular formula is C10H12N2O2. The third kappa shape index (κ3) is 2.01. The van der Waals surface area contributed by atoms with Crippen molar-refractivity contribution >= 4 is 0 Å². The van der Waals surface area contributed by atoms with Gasteiger partial charge in [-0.1, -0.05) is 5.92 Å². The highest BCUT2D eigenvalue weighted by atomic mass is 16.5. The van der Waals surface area contributed by atoms with Crippen LogP contribution in [-0.2, 0) is 5.60 Å². The number of ether oxygens (including phenoxy) is 1. The molecule has 1 aromatic heterocycles. The first kappa shape index (κ1) is 10.5. The molecule has 0 bridgehead atoms. The Morgan fingerprint density at radius 1 is 1.57 bits per heavy atom. The van der Waals surface area contributed by atoms with Gasteiger partial charge in [-0.15, -0.1) is 6.42 Å². The fraction of sp³-hybridized carbons (Fsp3) is 0.400. The molecule has 4 nitrogen and oxygen atoms in total. The summed E-state index contributed by atoms with van der Waals surface area (Å²) >= 11 is 0. The van der Waals surface area contributed by atoms with Gasteiger partial charge in [0, 0.05) is 6.07 Å². The van der Waals surface area contributed by atoms with E-state index in [1.165, 1.54) is 20.1 Å². The van der Waals surface area contributed by atoms with Gasteiger partial charge in [-0.2, -0.15) is 4.98 Å². The molecule has 0 aliphatic rings. The second-order valence-corrected chi connectivity index (χ2v) is 3.06. The van der Waals surface area contributed by atoms with Crippen molar-refractivity contribution in [3.05, 3.63) is 17.6 Å². The lowest BCUT2D eigenvalue weighted by atomic mass is 10.0. The van der Waals surface area contributed by atoms with Crippen molar-refractivity contribution in [1.82, 2.24) is 9.97 Å².